The number of hydrogen-bond donors (Lipinski definition) is 2. The molecule has 0 aromatic carbocycles. The molecule has 6 heteroatoms. The van der Waals surface area contributed by atoms with Crippen molar-refractivity contribution in [2.45, 2.75) is 12.5 Å². The molecule has 0 fully saturated rings. The van der Waals surface area contributed by atoms with E-state index in [1.165, 1.54) is 12.0 Å². The summed E-state index contributed by atoms with van der Waals surface area (Å²) in [5.74, 6) is -1.05. The average molecular weight is 214 g/mol. The fourth-order valence-corrected chi connectivity index (χ4v) is 1.42. The van der Waals surface area contributed by atoms with E-state index < -0.39 is 18.1 Å². The first-order valence-corrected chi connectivity index (χ1v) is 4.56. The normalized spacial score (nSPS) is 18.0. The van der Waals surface area contributed by atoms with E-state index in [-0.39, 0.29) is 0 Å². The van der Waals surface area contributed by atoms with Gasteiger partial charge in [-0.1, -0.05) is 6.08 Å². The van der Waals surface area contributed by atoms with Gasteiger partial charge in [-0.25, -0.2) is 4.79 Å². The number of ether oxygens (including phenoxy) is 1. The maximum atomic E-state index is 11.1. The van der Waals surface area contributed by atoms with E-state index in [1.807, 2.05) is 0 Å². The van der Waals surface area contributed by atoms with Crippen molar-refractivity contribution >= 4 is 12.1 Å². The molecule has 15 heavy (non-hydrogen) atoms. The zero-order valence-corrected chi connectivity index (χ0v) is 8.47. The Morgan fingerprint density at radius 2 is 2.33 bits per heavy atom. The smallest absolute Gasteiger partial charge is 0.409 e. The third kappa shape index (κ3) is 2.69. The molecule has 84 valence electrons. The Bertz CT molecular complexity index is 300. The molecule has 1 rings (SSSR count). The van der Waals surface area contributed by atoms with Crippen LogP contribution < -0.4 is 5.73 Å². The van der Waals surface area contributed by atoms with E-state index in [2.05, 4.69) is 4.74 Å². The number of nitrogens with two attached hydrogens (primary N) is 1. The lowest BCUT2D eigenvalue weighted by molar-refractivity contribution is -0.137. The van der Waals surface area contributed by atoms with E-state index in [9.17, 15) is 9.59 Å². The van der Waals surface area contributed by atoms with Crippen LogP contribution in [0, 0.1) is 0 Å². The number of amides is 1. The van der Waals surface area contributed by atoms with Crippen molar-refractivity contribution in [2.75, 3.05) is 20.2 Å². The number of carbonyl (C=O) groups is 2. The van der Waals surface area contributed by atoms with Crippen molar-refractivity contribution < 1.29 is 19.4 Å². The highest BCUT2D eigenvalue weighted by atomic mass is 16.5. The Kier molecular flexibility index (Phi) is 3.68. The molecular formula is C9H14N2O4. The molecule has 0 bridgehead atoms. The van der Waals surface area contributed by atoms with Gasteiger partial charge in [0.05, 0.1) is 7.11 Å². The molecule has 3 N–H and O–H groups in total. The number of hydrogen-bond acceptors (Lipinski definition) is 4. The molecule has 1 atom stereocenters. The second kappa shape index (κ2) is 4.79. The summed E-state index contributed by atoms with van der Waals surface area (Å²) < 4.78 is 4.54. The fraction of sp³-hybridized carbons (Fsp3) is 0.556. The highest BCUT2D eigenvalue weighted by Crippen LogP contribution is 2.14. The first kappa shape index (κ1) is 11.5. The lowest BCUT2D eigenvalue weighted by atomic mass is 10.0. The Morgan fingerprint density at radius 3 is 2.73 bits per heavy atom. The van der Waals surface area contributed by atoms with Gasteiger partial charge in [-0.15, -0.1) is 0 Å². The number of methoxy groups -OCH3 is 1. The summed E-state index contributed by atoms with van der Waals surface area (Å²) in [6, 6.07) is -0.968. The standard InChI is InChI=1S/C9H14N2O4/c1-15-9(14)11-4-2-6(3-5-11)7(10)8(12)13/h2,7H,3-5,10H2,1H3,(H,12,13). The molecule has 0 aromatic heterocycles. The van der Waals surface area contributed by atoms with Gasteiger partial charge in [0.1, 0.15) is 6.04 Å². The Morgan fingerprint density at radius 1 is 1.67 bits per heavy atom. The molecular weight excluding hydrogens is 200 g/mol. The monoisotopic (exact) mass is 214 g/mol. The largest absolute Gasteiger partial charge is 0.480 e. The Labute approximate surface area is 87.3 Å². The van der Waals surface area contributed by atoms with Crippen LogP contribution in [0.2, 0.25) is 0 Å². The summed E-state index contributed by atoms with van der Waals surface area (Å²) in [5, 5.41) is 8.68. The van der Waals surface area contributed by atoms with Gasteiger partial charge in [0.15, 0.2) is 0 Å². The second-order valence-electron chi connectivity index (χ2n) is 3.26. The van der Waals surface area contributed by atoms with Gasteiger partial charge in [-0.3, -0.25) is 4.79 Å². The minimum atomic E-state index is -1.05. The van der Waals surface area contributed by atoms with Crippen LogP contribution in [0.4, 0.5) is 4.79 Å². The zero-order valence-electron chi connectivity index (χ0n) is 8.47. The van der Waals surface area contributed by atoms with Gasteiger partial charge in [-0.2, -0.15) is 0 Å². The SMILES string of the molecule is COC(=O)N1CC=C(C(N)C(=O)O)CC1. The number of carboxylic acid groups (broad SMARTS) is 1. The molecule has 1 unspecified atom stereocenters. The first-order chi connectivity index (χ1) is 7.06. The quantitative estimate of drug-likeness (QED) is 0.621. The van der Waals surface area contributed by atoms with Crippen LogP contribution in [0.3, 0.4) is 0 Å². The van der Waals surface area contributed by atoms with Gasteiger partial charge in [0.25, 0.3) is 0 Å². The van der Waals surface area contributed by atoms with Crippen LogP contribution in [0.25, 0.3) is 0 Å². The molecule has 0 saturated carbocycles. The first-order valence-electron chi connectivity index (χ1n) is 4.56. The molecule has 1 aliphatic heterocycles. The molecule has 1 amide bonds. The highest BCUT2D eigenvalue weighted by molar-refractivity contribution is 5.77. The summed E-state index contributed by atoms with van der Waals surface area (Å²) in [5.41, 5.74) is 6.10. The molecule has 0 aliphatic carbocycles. The van der Waals surface area contributed by atoms with Crippen molar-refractivity contribution in [2.24, 2.45) is 5.73 Å². The fourth-order valence-electron chi connectivity index (χ4n) is 1.42. The van der Waals surface area contributed by atoms with Crippen molar-refractivity contribution in [3.05, 3.63) is 11.6 Å². The molecule has 6 nitrogen and oxygen atoms in total. The van der Waals surface area contributed by atoms with Crippen LogP contribution in [0.15, 0.2) is 11.6 Å². The van der Waals surface area contributed by atoms with Gasteiger partial charge >= 0.3 is 12.1 Å². The van der Waals surface area contributed by atoms with Crippen LogP contribution >= 0.6 is 0 Å². The summed E-state index contributed by atoms with van der Waals surface area (Å²) in [6.07, 6.45) is 1.73. The van der Waals surface area contributed by atoms with Gasteiger partial charge in [0.2, 0.25) is 0 Å². The molecule has 0 spiro atoms. The van der Waals surface area contributed by atoms with Gasteiger partial charge < -0.3 is 20.5 Å². The number of carboxylic acids is 1. The minimum Gasteiger partial charge on any atom is -0.480 e. The number of nitrogens with zero attached hydrogens (tertiary/aromatic N) is 1. The topological polar surface area (TPSA) is 92.9 Å². The van der Waals surface area contributed by atoms with E-state index >= 15 is 0 Å². The Balaban J connectivity index is 2.59. The van der Waals surface area contributed by atoms with Crippen molar-refractivity contribution in [1.82, 2.24) is 4.90 Å². The third-order valence-corrected chi connectivity index (χ3v) is 2.34. The van der Waals surface area contributed by atoms with Crippen molar-refractivity contribution in [3.63, 3.8) is 0 Å². The molecule has 0 aromatic rings. The third-order valence-electron chi connectivity index (χ3n) is 2.34. The van der Waals surface area contributed by atoms with Crippen LogP contribution in [0.5, 0.6) is 0 Å². The van der Waals surface area contributed by atoms with E-state index in [1.54, 1.807) is 6.08 Å². The maximum Gasteiger partial charge on any atom is 0.409 e. The number of rotatable bonds is 2. The van der Waals surface area contributed by atoms with Gasteiger partial charge in [0, 0.05) is 13.1 Å². The van der Waals surface area contributed by atoms with E-state index in [0.717, 1.165) is 0 Å². The molecule has 1 heterocycles. The lowest BCUT2D eigenvalue weighted by Gasteiger charge is -2.26. The van der Waals surface area contributed by atoms with E-state index in [0.29, 0.717) is 25.1 Å². The second-order valence-corrected chi connectivity index (χ2v) is 3.26. The van der Waals surface area contributed by atoms with Crippen LogP contribution in [0.1, 0.15) is 6.42 Å². The highest BCUT2D eigenvalue weighted by Gasteiger charge is 2.23. The van der Waals surface area contributed by atoms with Crippen molar-refractivity contribution in [1.29, 1.82) is 0 Å². The predicted octanol–water partition coefficient (Wildman–Crippen LogP) is -0.203. The molecule has 0 saturated heterocycles. The molecule has 0 radical (unpaired) electrons. The minimum absolute atomic E-state index is 0.350. The summed E-state index contributed by atoms with van der Waals surface area (Å²) in [6.45, 7) is 0.794. The number of aliphatic carboxylic acids is 1. The summed E-state index contributed by atoms with van der Waals surface area (Å²) >= 11 is 0. The number of carbonyl (C=O) groups excluding carboxylic acids is 1. The van der Waals surface area contributed by atoms with Crippen LogP contribution in [-0.2, 0) is 9.53 Å². The lowest BCUT2D eigenvalue weighted by Crippen LogP contribution is -2.40. The van der Waals surface area contributed by atoms with Crippen molar-refractivity contribution in [3.8, 4) is 0 Å². The molecule has 1 aliphatic rings. The maximum absolute atomic E-state index is 11.1. The summed E-state index contributed by atoms with van der Waals surface area (Å²) in [7, 11) is 1.31. The van der Waals surface area contributed by atoms with E-state index in [4.69, 9.17) is 10.8 Å². The average Bonchev–Trinajstić information content (AvgIpc) is 2.27. The summed E-state index contributed by atoms with van der Waals surface area (Å²) in [4.78, 5) is 23.2. The zero-order chi connectivity index (χ0) is 11.4. The van der Waals surface area contributed by atoms with Gasteiger partial charge in [-0.05, 0) is 12.0 Å². The Hall–Kier alpha value is -1.56. The van der Waals surface area contributed by atoms with Crippen LogP contribution in [-0.4, -0.2) is 48.3 Å². The predicted molar refractivity (Wildman–Crippen MR) is 52.3 cm³/mol.